The van der Waals surface area contributed by atoms with Gasteiger partial charge in [0.05, 0.1) is 39.0 Å². The van der Waals surface area contributed by atoms with Crippen molar-refractivity contribution in [1.29, 1.82) is 0 Å². The largest absolute Gasteiger partial charge is 0.497 e. The predicted molar refractivity (Wildman–Crippen MR) is 366 cm³/mol. The van der Waals surface area contributed by atoms with Crippen LogP contribution in [0.3, 0.4) is 0 Å². The first-order chi connectivity index (χ1) is 42.9. The van der Waals surface area contributed by atoms with Gasteiger partial charge in [0.15, 0.2) is 0 Å². The standard InChI is InChI=1S/C76H63N3O6S3/c1-46(2)60-11-9-12-61(47(3)4)73(60)79-75(80)64-14-10-13-63-62(39-40-65(72(63)64)76(79)81)71-45-66(69-43-41-67(86-69)48-15-19-50(20-16-48)77(52-23-31-56(82-5)32-24-52)53-25-33-57(83-6)34-26-53)74(88-71)70-44-42-68(87-70)49-17-21-51(22-18-49)78(54-27-35-58(84-7)36-28-54)55-29-37-59(85-8)38-30-55/h9-47H,1-8H3. The van der Waals surface area contributed by atoms with E-state index in [1.54, 1.807) is 62.4 Å². The highest BCUT2D eigenvalue weighted by atomic mass is 32.1. The number of para-hydroxylation sites is 1. The molecule has 0 N–H and O–H groups in total. The molecule has 0 saturated carbocycles. The number of imide groups is 1. The lowest BCUT2D eigenvalue weighted by atomic mass is 9.87. The minimum Gasteiger partial charge on any atom is -0.497 e. The molecule has 12 heteroatoms. The molecule has 88 heavy (non-hydrogen) atoms. The Labute approximate surface area is 525 Å². The maximum atomic E-state index is 15.0. The zero-order valence-electron chi connectivity index (χ0n) is 50.0. The zero-order chi connectivity index (χ0) is 60.7. The summed E-state index contributed by atoms with van der Waals surface area (Å²) < 4.78 is 22.1. The van der Waals surface area contributed by atoms with Crippen LogP contribution in [0.4, 0.5) is 39.8 Å². The summed E-state index contributed by atoms with van der Waals surface area (Å²) in [5.41, 5.74) is 14.0. The first-order valence-corrected chi connectivity index (χ1v) is 31.7. The van der Waals surface area contributed by atoms with Crippen molar-refractivity contribution in [2.24, 2.45) is 0 Å². The highest BCUT2D eigenvalue weighted by Crippen LogP contribution is 2.52. The Kier molecular flexibility index (Phi) is 15.8. The molecule has 436 valence electrons. The molecule has 0 spiro atoms. The van der Waals surface area contributed by atoms with E-state index in [-0.39, 0.29) is 23.7 Å². The van der Waals surface area contributed by atoms with Gasteiger partial charge in [-0.05, 0) is 209 Å². The molecule has 9 aromatic carbocycles. The van der Waals surface area contributed by atoms with E-state index in [4.69, 9.17) is 18.9 Å². The van der Waals surface area contributed by atoms with Gasteiger partial charge in [0, 0.05) is 80.6 Å². The van der Waals surface area contributed by atoms with E-state index in [0.29, 0.717) is 22.2 Å². The van der Waals surface area contributed by atoms with Crippen LogP contribution in [-0.2, 0) is 0 Å². The number of thiophene rings is 3. The average Bonchev–Trinajstić information content (AvgIpc) is 0.937. The number of methoxy groups -OCH3 is 4. The van der Waals surface area contributed by atoms with Crippen molar-refractivity contribution in [3.05, 3.63) is 247 Å². The number of rotatable bonds is 18. The summed E-state index contributed by atoms with van der Waals surface area (Å²) in [6.45, 7) is 8.45. The monoisotopic (exact) mass is 1210 g/mol. The van der Waals surface area contributed by atoms with Crippen molar-refractivity contribution in [2.75, 3.05) is 43.1 Å². The summed E-state index contributed by atoms with van der Waals surface area (Å²) in [5, 5.41) is 1.56. The van der Waals surface area contributed by atoms with Crippen molar-refractivity contribution < 1.29 is 28.5 Å². The lowest BCUT2D eigenvalue weighted by Gasteiger charge is -2.32. The number of benzene rings is 9. The molecule has 0 saturated heterocycles. The minimum atomic E-state index is -0.301. The SMILES string of the molecule is COc1ccc(N(c2ccc(OC)cc2)c2ccc(-c3ccc(-c4cc(-c5ccc6c7c(cccc57)C(=O)N(c5c(C(C)C)cccc5C(C)C)C6=O)sc4-c4ccc(-c5ccc(N(c6ccc(OC)cc6)c6ccc(OC)cc6)cc5)s4)s3)cc2)cc1. The van der Waals surface area contributed by atoms with Crippen LogP contribution in [-0.4, -0.2) is 40.3 Å². The number of anilines is 7. The second-order valence-corrected chi connectivity index (χ2v) is 25.4. The Morgan fingerprint density at radius 1 is 0.352 bits per heavy atom. The van der Waals surface area contributed by atoms with Crippen molar-refractivity contribution in [3.63, 3.8) is 0 Å². The molecular formula is C76H63N3O6S3. The summed E-state index contributed by atoms with van der Waals surface area (Å²) in [6, 6.07) is 77.1. The van der Waals surface area contributed by atoms with Gasteiger partial charge in [-0.15, -0.1) is 34.0 Å². The molecule has 2 amide bonds. The van der Waals surface area contributed by atoms with Crippen molar-refractivity contribution in [3.8, 4) is 74.5 Å². The number of amides is 2. The summed E-state index contributed by atoms with van der Waals surface area (Å²) in [4.78, 5) is 42.6. The first-order valence-electron chi connectivity index (χ1n) is 29.2. The summed E-state index contributed by atoms with van der Waals surface area (Å²) in [5.74, 6) is 2.74. The van der Waals surface area contributed by atoms with Gasteiger partial charge in [-0.2, -0.15) is 0 Å². The maximum absolute atomic E-state index is 15.0. The van der Waals surface area contributed by atoms with Gasteiger partial charge in [0.2, 0.25) is 0 Å². The molecule has 13 rings (SSSR count). The third-order valence-electron chi connectivity index (χ3n) is 16.3. The summed E-state index contributed by atoms with van der Waals surface area (Å²) in [6.07, 6.45) is 0. The number of ether oxygens (including phenoxy) is 4. The molecule has 1 aliphatic rings. The predicted octanol–water partition coefficient (Wildman–Crippen LogP) is 21.4. The van der Waals surface area contributed by atoms with Crippen molar-refractivity contribution in [2.45, 2.75) is 39.5 Å². The smallest absolute Gasteiger partial charge is 0.266 e. The second kappa shape index (κ2) is 24.2. The highest BCUT2D eigenvalue weighted by Gasteiger charge is 2.38. The molecule has 0 bridgehead atoms. The van der Waals surface area contributed by atoms with E-state index in [9.17, 15) is 0 Å². The van der Waals surface area contributed by atoms with Crippen molar-refractivity contribution in [1.82, 2.24) is 0 Å². The van der Waals surface area contributed by atoms with Gasteiger partial charge in [-0.3, -0.25) is 9.59 Å². The maximum Gasteiger partial charge on any atom is 0.266 e. The van der Waals surface area contributed by atoms with E-state index in [0.717, 1.165) is 125 Å². The van der Waals surface area contributed by atoms with E-state index >= 15 is 9.59 Å². The molecular weight excluding hydrogens is 1150 g/mol. The molecule has 0 radical (unpaired) electrons. The molecule has 3 aromatic heterocycles. The molecule has 0 aliphatic carbocycles. The fourth-order valence-corrected chi connectivity index (χ4v) is 15.2. The molecule has 0 fully saturated rings. The normalized spacial score (nSPS) is 12.1. The summed E-state index contributed by atoms with van der Waals surface area (Å²) in [7, 11) is 6.72. The highest BCUT2D eigenvalue weighted by molar-refractivity contribution is 7.26. The number of hydrogen-bond acceptors (Lipinski definition) is 11. The van der Waals surface area contributed by atoms with E-state index in [2.05, 4.69) is 177 Å². The van der Waals surface area contributed by atoms with Gasteiger partial charge in [-0.1, -0.05) is 88.4 Å². The second-order valence-electron chi connectivity index (χ2n) is 22.2. The van der Waals surface area contributed by atoms with Gasteiger partial charge in [0.25, 0.3) is 11.8 Å². The zero-order valence-corrected chi connectivity index (χ0v) is 52.5. The summed E-state index contributed by atoms with van der Waals surface area (Å²) >= 11 is 5.27. The molecule has 0 atom stereocenters. The van der Waals surface area contributed by atoms with Crippen LogP contribution in [0, 0.1) is 0 Å². The van der Waals surface area contributed by atoms with Crippen molar-refractivity contribution >= 4 is 96.4 Å². The average molecular weight is 1210 g/mol. The molecule has 12 aromatic rings. The minimum absolute atomic E-state index is 0.0934. The molecule has 9 nitrogen and oxygen atoms in total. The van der Waals surface area contributed by atoms with E-state index < -0.39 is 0 Å². The van der Waals surface area contributed by atoms with Gasteiger partial charge in [-0.25, -0.2) is 4.90 Å². The Morgan fingerprint density at radius 3 is 1.14 bits per heavy atom. The van der Waals surface area contributed by atoms with Crippen LogP contribution in [0.25, 0.3) is 62.3 Å². The molecule has 1 aliphatic heterocycles. The van der Waals surface area contributed by atoms with E-state index in [1.807, 2.05) is 84.9 Å². The quantitative estimate of drug-likeness (QED) is 0.0786. The number of carbonyl (C=O) groups is 2. The van der Waals surface area contributed by atoms with Gasteiger partial charge in [0.1, 0.15) is 23.0 Å². The third-order valence-corrected chi connectivity index (χ3v) is 20.0. The van der Waals surface area contributed by atoms with Crippen LogP contribution in [0.5, 0.6) is 23.0 Å². The molecule has 0 unspecified atom stereocenters. The number of carbonyl (C=O) groups excluding carboxylic acids is 2. The Balaban J connectivity index is 0.887. The van der Waals surface area contributed by atoms with Crippen LogP contribution < -0.4 is 33.6 Å². The van der Waals surface area contributed by atoms with Crippen LogP contribution in [0.1, 0.15) is 71.4 Å². The number of hydrogen-bond donors (Lipinski definition) is 0. The van der Waals surface area contributed by atoms with Crippen LogP contribution in [0.2, 0.25) is 0 Å². The fourth-order valence-electron chi connectivity index (χ4n) is 11.8. The fraction of sp³-hybridized carbons (Fsp3) is 0.132. The third kappa shape index (κ3) is 10.7. The Morgan fingerprint density at radius 2 is 0.716 bits per heavy atom. The molecule has 4 heterocycles. The lowest BCUT2D eigenvalue weighted by Crippen LogP contribution is -2.41. The van der Waals surface area contributed by atoms with E-state index in [1.165, 1.54) is 4.90 Å². The lowest BCUT2D eigenvalue weighted by molar-refractivity contribution is 0.0892. The number of nitrogens with zero attached hydrogens (tertiary/aromatic N) is 3. The van der Waals surface area contributed by atoms with Gasteiger partial charge < -0.3 is 28.7 Å². The Bertz CT molecular complexity index is 4190. The first kappa shape index (κ1) is 57.4. The van der Waals surface area contributed by atoms with Crippen LogP contribution >= 0.6 is 34.0 Å². The van der Waals surface area contributed by atoms with Crippen LogP contribution in [0.15, 0.2) is 224 Å². The van der Waals surface area contributed by atoms with Gasteiger partial charge >= 0.3 is 0 Å². The topological polar surface area (TPSA) is 80.8 Å². The Hall–Kier alpha value is -9.72.